The Kier molecular flexibility index (Phi) is 4.41. The van der Waals surface area contributed by atoms with Crippen molar-refractivity contribution in [1.82, 2.24) is 4.72 Å². The van der Waals surface area contributed by atoms with E-state index in [1.165, 1.54) is 29.9 Å². The second-order valence-corrected chi connectivity index (χ2v) is 6.48. The van der Waals surface area contributed by atoms with Gasteiger partial charge in [0.25, 0.3) is 10.0 Å². The van der Waals surface area contributed by atoms with Crippen LogP contribution < -0.4 is 9.46 Å². The zero-order chi connectivity index (χ0) is 14.6. The van der Waals surface area contributed by atoms with Crippen LogP contribution in [0.5, 0.6) is 5.75 Å². The minimum absolute atomic E-state index is 0.0272. The van der Waals surface area contributed by atoms with Gasteiger partial charge in [0.1, 0.15) is 5.75 Å². The highest BCUT2D eigenvalue weighted by Gasteiger charge is 2.18. The molecule has 0 aliphatic heterocycles. The lowest BCUT2D eigenvalue weighted by Crippen LogP contribution is -2.31. The standard InChI is InChI=1S/C13H13NO4S2/c1-18-11-4-2-3-10(7-11)8-13(15)14-20(16,17)12-5-6-19-9-12/h2-7,9H,8H2,1H3,(H,14,15). The van der Waals surface area contributed by atoms with Crippen LogP contribution in [-0.4, -0.2) is 21.4 Å². The van der Waals surface area contributed by atoms with Crippen LogP contribution >= 0.6 is 11.3 Å². The zero-order valence-electron chi connectivity index (χ0n) is 10.7. The molecule has 0 aliphatic rings. The minimum Gasteiger partial charge on any atom is -0.497 e. The molecule has 0 bridgehead atoms. The van der Waals surface area contributed by atoms with Gasteiger partial charge >= 0.3 is 0 Å². The molecule has 1 aromatic heterocycles. The fraction of sp³-hybridized carbons (Fsp3) is 0.154. The van der Waals surface area contributed by atoms with Gasteiger partial charge in [-0.15, -0.1) is 0 Å². The number of ether oxygens (including phenoxy) is 1. The first-order valence-electron chi connectivity index (χ1n) is 5.72. The smallest absolute Gasteiger partial charge is 0.264 e. The second kappa shape index (κ2) is 6.06. The molecule has 0 saturated carbocycles. The second-order valence-electron chi connectivity index (χ2n) is 4.02. The molecule has 2 aromatic rings. The van der Waals surface area contributed by atoms with E-state index in [0.29, 0.717) is 11.3 Å². The number of benzene rings is 1. The Hall–Kier alpha value is -1.86. The lowest BCUT2D eigenvalue weighted by molar-refractivity contribution is -0.118. The summed E-state index contributed by atoms with van der Waals surface area (Å²) >= 11 is 1.26. The number of rotatable bonds is 5. The molecule has 0 saturated heterocycles. The van der Waals surface area contributed by atoms with Crippen molar-refractivity contribution in [1.29, 1.82) is 0 Å². The maximum atomic E-state index is 11.9. The molecule has 0 atom stereocenters. The van der Waals surface area contributed by atoms with E-state index in [2.05, 4.69) is 0 Å². The normalized spacial score (nSPS) is 11.1. The van der Waals surface area contributed by atoms with Crippen molar-refractivity contribution in [2.24, 2.45) is 0 Å². The summed E-state index contributed by atoms with van der Waals surface area (Å²) in [5.41, 5.74) is 0.683. The van der Waals surface area contributed by atoms with Crippen molar-refractivity contribution in [3.8, 4) is 5.75 Å². The van der Waals surface area contributed by atoms with E-state index in [1.54, 1.807) is 29.6 Å². The molecule has 5 nitrogen and oxygen atoms in total. The number of carbonyl (C=O) groups excluding carboxylic acids is 1. The average Bonchev–Trinajstić information content (AvgIpc) is 2.92. The highest BCUT2D eigenvalue weighted by Crippen LogP contribution is 2.15. The van der Waals surface area contributed by atoms with Crippen LogP contribution in [0.3, 0.4) is 0 Å². The van der Waals surface area contributed by atoms with Crippen molar-refractivity contribution < 1.29 is 17.9 Å². The average molecular weight is 311 g/mol. The first-order chi connectivity index (χ1) is 9.51. The molecule has 1 amide bonds. The van der Waals surface area contributed by atoms with E-state index in [1.807, 2.05) is 4.72 Å². The predicted octanol–water partition coefficient (Wildman–Crippen LogP) is 1.80. The van der Waals surface area contributed by atoms with Gasteiger partial charge in [0, 0.05) is 5.38 Å². The number of amides is 1. The largest absolute Gasteiger partial charge is 0.497 e. The van der Waals surface area contributed by atoms with Gasteiger partial charge < -0.3 is 4.74 Å². The molecule has 20 heavy (non-hydrogen) atoms. The SMILES string of the molecule is COc1cccc(CC(=O)NS(=O)(=O)c2ccsc2)c1. The minimum atomic E-state index is -3.77. The molecule has 0 aliphatic carbocycles. The van der Waals surface area contributed by atoms with E-state index in [-0.39, 0.29) is 11.3 Å². The molecule has 7 heteroatoms. The van der Waals surface area contributed by atoms with E-state index in [9.17, 15) is 13.2 Å². The van der Waals surface area contributed by atoms with E-state index in [4.69, 9.17) is 4.74 Å². The number of nitrogens with one attached hydrogen (secondary N) is 1. The lowest BCUT2D eigenvalue weighted by Gasteiger charge is -2.06. The van der Waals surface area contributed by atoms with Crippen LogP contribution in [-0.2, 0) is 21.2 Å². The zero-order valence-corrected chi connectivity index (χ0v) is 12.3. The first kappa shape index (κ1) is 14.5. The predicted molar refractivity (Wildman–Crippen MR) is 76.3 cm³/mol. The number of carbonyl (C=O) groups is 1. The van der Waals surface area contributed by atoms with Gasteiger partial charge in [0.05, 0.1) is 18.4 Å². The fourth-order valence-electron chi connectivity index (χ4n) is 1.62. The Bertz CT molecular complexity index is 693. The third kappa shape index (κ3) is 3.58. The van der Waals surface area contributed by atoms with Crippen molar-refractivity contribution >= 4 is 27.3 Å². The van der Waals surface area contributed by atoms with E-state index < -0.39 is 15.9 Å². The summed E-state index contributed by atoms with van der Waals surface area (Å²) in [4.78, 5) is 11.9. The van der Waals surface area contributed by atoms with Crippen LogP contribution in [0.4, 0.5) is 0 Å². The van der Waals surface area contributed by atoms with Crippen molar-refractivity contribution in [2.75, 3.05) is 7.11 Å². The molecule has 0 unspecified atom stereocenters. The topological polar surface area (TPSA) is 72.5 Å². The van der Waals surface area contributed by atoms with Gasteiger partial charge in [-0.05, 0) is 29.1 Å². The summed E-state index contributed by atoms with van der Waals surface area (Å²) in [6, 6.07) is 8.38. The van der Waals surface area contributed by atoms with Crippen molar-refractivity contribution in [2.45, 2.75) is 11.3 Å². The van der Waals surface area contributed by atoms with Crippen LogP contribution in [0, 0.1) is 0 Å². The molecule has 1 heterocycles. The van der Waals surface area contributed by atoms with Crippen LogP contribution in [0.2, 0.25) is 0 Å². The van der Waals surface area contributed by atoms with Gasteiger partial charge in [0.15, 0.2) is 0 Å². The lowest BCUT2D eigenvalue weighted by atomic mass is 10.1. The van der Waals surface area contributed by atoms with Gasteiger partial charge in [-0.1, -0.05) is 12.1 Å². The van der Waals surface area contributed by atoms with Gasteiger partial charge in [0.2, 0.25) is 5.91 Å². The van der Waals surface area contributed by atoms with Gasteiger partial charge in [-0.3, -0.25) is 4.79 Å². The Morgan fingerprint density at radius 3 is 2.80 bits per heavy atom. The molecular weight excluding hydrogens is 298 g/mol. The molecule has 2 rings (SSSR count). The van der Waals surface area contributed by atoms with Gasteiger partial charge in [-0.25, -0.2) is 13.1 Å². The third-order valence-electron chi connectivity index (χ3n) is 2.55. The Morgan fingerprint density at radius 2 is 2.15 bits per heavy atom. The van der Waals surface area contributed by atoms with Gasteiger partial charge in [-0.2, -0.15) is 11.3 Å². The number of thiophene rings is 1. The molecule has 1 N–H and O–H groups in total. The maximum absolute atomic E-state index is 11.9. The van der Waals surface area contributed by atoms with Crippen LogP contribution in [0.15, 0.2) is 46.0 Å². The summed E-state index contributed by atoms with van der Waals surface area (Å²) in [5.74, 6) is 0.0421. The summed E-state index contributed by atoms with van der Waals surface area (Å²) < 4.78 is 30.8. The third-order valence-corrected chi connectivity index (χ3v) is 4.76. The monoisotopic (exact) mass is 311 g/mol. The van der Waals surface area contributed by atoms with Crippen LogP contribution in [0.1, 0.15) is 5.56 Å². The Morgan fingerprint density at radius 1 is 1.35 bits per heavy atom. The Balaban J connectivity index is 2.06. The molecule has 0 radical (unpaired) electrons. The maximum Gasteiger partial charge on any atom is 0.264 e. The number of methoxy groups -OCH3 is 1. The molecular formula is C13H13NO4S2. The fourth-order valence-corrected chi connectivity index (χ4v) is 3.63. The quantitative estimate of drug-likeness (QED) is 0.914. The van der Waals surface area contributed by atoms with E-state index >= 15 is 0 Å². The number of sulfonamides is 1. The number of hydrogen-bond acceptors (Lipinski definition) is 5. The summed E-state index contributed by atoms with van der Waals surface area (Å²) in [7, 11) is -2.24. The Labute approximate surface area is 121 Å². The summed E-state index contributed by atoms with van der Waals surface area (Å²) in [6.45, 7) is 0. The van der Waals surface area contributed by atoms with Crippen LogP contribution in [0.25, 0.3) is 0 Å². The van der Waals surface area contributed by atoms with E-state index in [0.717, 1.165) is 0 Å². The summed E-state index contributed by atoms with van der Waals surface area (Å²) in [5, 5.41) is 3.11. The molecule has 0 fully saturated rings. The number of hydrogen-bond donors (Lipinski definition) is 1. The highest BCUT2D eigenvalue weighted by molar-refractivity contribution is 7.90. The molecule has 106 valence electrons. The first-order valence-corrected chi connectivity index (χ1v) is 8.14. The molecule has 0 spiro atoms. The van der Waals surface area contributed by atoms with Crippen molar-refractivity contribution in [3.63, 3.8) is 0 Å². The summed E-state index contributed by atoms with van der Waals surface area (Å²) in [6.07, 6.45) is -0.0272. The van der Waals surface area contributed by atoms with Crippen molar-refractivity contribution in [3.05, 3.63) is 46.7 Å². The molecule has 1 aromatic carbocycles. The highest BCUT2D eigenvalue weighted by atomic mass is 32.2.